The maximum atomic E-state index is 5.41. The van der Waals surface area contributed by atoms with E-state index in [1.54, 1.807) is 0 Å². The van der Waals surface area contributed by atoms with Crippen LogP contribution in [0, 0.1) is 0 Å². The molecule has 1 aliphatic carbocycles. The second-order valence-electron chi connectivity index (χ2n) is 3.14. The summed E-state index contributed by atoms with van der Waals surface area (Å²) in [4.78, 5) is 0. The van der Waals surface area contributed by atoms with E-state index in [2.05, 4.69) is 34.1 Å². The van der Waals surface area contributed by atoms with Crippen LogP contribution < -0.4 is 0 Å². The third-order valence-corrected chi connectivity index (χ3v) is 2.91. The average molecular weight is 211 g/mol. The third kappa shape index (κ3) is 0.797. The second kappa shape index (κ2) is 1.87. The highest BCUT2D eigenvalue weighted by molar-refractivity contribution is 9.10. The zero-order valence-electron chi connectivity index (χ0n) is 5.88. The van der Waals surface area contributed by atoms with E-state index in [0.29, 0.717) is 12.2 Å². The lowest BCUT2D eigenvalue weighted by atomic mass is 10.1. The summed E-state index contributed by atoms with van der Waals surface area (Å²) >= 11 is 3.46. The molecule has 0 unspecified atom stereocenters. The van der Waals surface area contributed by atoms with Gasteiger partial charge in [-0.3, -0.25) is 0 Å². The lowest BCUT2D eigenvalue weighted by molar-refractivity contribution is 0.361. The normalized spacial score (nSPS) is 31.4. The average Bonchev–Trinajstić information content (AvgIpc) is 2.67. The molecule has 0 saturated carbocycles. The van der Waals surface area contributed by atoms with Crippen LogP contribution in [-0.4, -0.2) is 6.10 Å². The number of rotatable bonds is 0. The van der Waals surface area contributed by atoms with Crippen molar-refractivity contribution in [3.05, 3.63) is 33.8 Å². The summed E-state index contributed by atoms with van der Waals surface area (Å²) in [7, 11) is 0. The van der Waals surface area contributed by atoms with Crippen LogP contribution >= 0.6 is 15.9 Å². The van der Waals surface area contributed by atoms with Gasteiger partial charge in [0.15, 0.2) is 0 Å². The Hall–Kier alpha value is -0.340. The zero-order valence-corrected chi connectivity index (χ0v) is 7.47. The molecule has 1 heterocycles. The molecule has 1 saturated heterocycles. The molecule has 1 aromatic carbocycles. The summed E-state index contributed by atoms with van der Waals surface area (Å²) in [5.41, 5.74) is 2.86. The molecule has 0 spiro atoms. The summed E-state index contributed by atoms with van der Waals surface area (Å²) in [6.07, 6.45) is 2.06. The molecule has 0 amide bonds. The van der Waals surface area contributed by atoms with Crippen molar-refractivity contribution in [2.45, 2.75) is 18.6 Å². The van der Waals surface area contributed by atoms with Crippen LogP contribution in [0.1, 0.15) is 17.2 Å². The Morgan fingerprint density at radius 3 is 3.27 bits per heavy atom. The summed E-state index contributed by atoms with van der Waals surface area (Å²) in [6.45, 7) is 0. The van der Waals surface area contributed by atoms with Crippen LogP contribution in [-0.2, 0) is 11.2 Å². The van der Waals surface area contributed by atoms with Gasteiger partial charge in [-0.05, 0) is 23.3 Å². The van der Waals surface area contributed by atoms with Crippen LogP contribution in [0.15, 0.2) is 22.7 Å². The van der Waals surface area contributed by atoms with Gasteiger partial charge in [-0.1, -0.05) is 22.0 Å². The van der Waals surface area contributed by atoms with Gasteiger partial charge in [-0.25, -0.2) is 0 Å². The fourth-order valence-corrected chi connectivity index (χ4v) is 2.18. The predicted molar refractivity (Wildman–Crippen MR) is 45.5 cm³/mol. The van der Waals surface area contributed by atoms with Crippen molar-refractivity contribution in [3.8, 4) is 0 Å². The highest BCUT2D eigenvalue weighted by Crippen LogP contribution is 2.49. The van der Waals surface area contributed by atoms with E-state index in [0.717, 1.165) is 10.9 Å². The Morgan fingerprint density at radius 2 is 2.36 bits per heavy atom. The highest BCUT2D eigenvalue weighted by atomic mass is 79.9. The molecule has 0 N–H and O–H groups in total. The maximum Gasteiger partial charge on any atom is 0.110 e. The minimum Gasteiger partial charge on any atom is -0.364 e. The second-order valence-corrected chi connectivity index (χ2v) is 4.06. The number of ether oxygens (including phenoxy) is 1. The van der Waals surface area contributed by atoms with Crippen molar-refractivity contribution >= 4 is 15.9 Å². The first kappa shape index (κ1) is 6.21. The van der Waals surface area contributed by atoms with Gasteiger partial charge in [0, 0.05) is 10.9 Å². The van der Waals surface area contributed by atoms with Gasteiger partial charge in [0.25, 0.3) is 0 Å². The van der Waals surface area contributed by atoms with E-state index >= 15 is 0 Å². The van der Waals surface area contributed by atoms with Gasteiger partial charge in [0.2, 0.25) is 0 Å². The van der Waals surface area contributed by atoms with Gasteiger partial charge < -0.3 is 4.74 Å². The molecular formula is C9H7BrO. The summed E-state index contributed by atoms with van der Waals surface area (Å²) in [5, 5.41) is 0. The molecule has 11 heavy (non-hydrogen) atoms. The van der Waals surface area contributed by atoms with Gasteiger partial charge in [0.1, 0.15) is 6.10 Å². The Morgan fingerprint density at radius 1 is 1.45 bits per heavy atom. The van der Waals surface area contributed by atoms with Gasteiger partial charge in [-0.15, -0.1) is 0 Å². The Kier molecular flexibility index (Phi) is 1.06. The standard InChI is InChI=1S/C9H7BrO/c10-6-2-1-5-3-8-9(11-8)7(5)4-6/h1-2,4,8-9H,3H2/t8-,9+/m0/s1. The number of halogens is 1. The Bertz CT molecular complexity index is 321. The molecule has 1 fully saturated rings. The number of hydrogen-bond acceptors (Lipinski definition) is 1. The van der Waals surface area contributed by atoms with Crippen LogP contribution in [0.2, 0.25) is 0 Å². The molecule has 0 bridgehead atoms. The van der Waals surface area contributed by atoms with Crippen LogP contribution in [0.25, 0.3) is 0 Å². The summed E-state index contributed by atoms with van der Waals surface area (Å²) in [6, 6.07) is 6.46. The molecule has 0 aromatic heterocycles. The molecule has 1 aromatic rings. The molecule has 0 radical (unpaired) electrons. The lowest BCUT2D eigenvalue weighted by Crippen LogP contribution is -1.87. The Balaban J connectivity index is 2.20. The largest absolute Gasteiger partial charge is 0.364 e. The first-order valence-corrected chi connectivity index (χ1v) is 4.58. The third-order valence-electron chi connectivity index (χ3n) is 2.42. The number of hydrogen-bond donors (Lipinski definition) is 0. The molecule has 3 rings (SSSR count). The van der Waals surface area contributed by atoms with Crippen molar-refractivity contribution in [2.75, 3.05) is 0 Å². The SMILES string of the molecule is Brc1ccc2c(c1)[C@H]1O[C@H]1C2. The Labute approximate surface area is 73.5 Å². The van der Waals surface area contributed by atoms with E-state index < -0.39 is 0 Å². The predicted octanol–water partition coefficient (Wildman–Crippen LogP) is 2.45. The van der Waals surface area contributed by atoms with E-state index in [-0.39, 0.29) is 0 Å². The molecular weight excluding hydrogens is 204 g/mol. The number of epoxide rings is 1. The summed E-state index contributed by atoms with van der Waals surface area (Å²) < 4.78 is 6.57. The van der Waals surface area contributed by atoms with Gasteiger partial charge >= 0.3 is 0 Å². The smallest absolute Gasteiger partial charge is 0.110 e. The van der Waals surface area contributed by atoms with Crippen LogP contribution in [0.5, 0.6) is 0 Å². The van der Waals surface area contributed by atoms with E-state index in [4.69, 9.17) is 4.74 Å². The molecule has 1 nitrogen and oxygen atoms in total. The first-order chi connectivity index (χ1) is 5.34. The maximum absolute atomic E-state index is 5.41. The van der Waals surface area contributed by atoms with E-state index in [1.165, 1.54) is 11.1 Å². The van der Waals surface area contributed by atoms with Crippen molar-refractivity contribution in [3.63, 3.8) is 0 Å². The van der Waals surface area contributed by atoms with Crippen LogP contribution in [0.4, 0.5) is 0 Å². The molecule has 1 aliphatic heterocycles. The first-order valence-electron chi connectivity index (χ1n) is 3.78. The number of benzene rings is 1. The fourth-order valence-electron chi connectivity index (χ4n) is 1.80. The van der Waals surface area contributed by atoms with E-state index in [1.807, 2.05) is 0 Å². The van der Waals surface area contributed by atoms with Crippen molar-refractivity contribution in [1.29, 1.82) is 0 Å². The van der Waals surface area contributed by atoms with Crippen molar-refractivity contribution in [1.82, 2.24) is 0 Å². The highest BCUT2D eigenvalue weighted by Gasteiger charge is 2.46. The van der Waals surface area contributed by atoms with Gasteiger partial charge in [-0.2, -0.15) is 0 Å². The van der Waals surface area contributed by atoms with Crippen molar-refractivity contribution < 1.29 is 4.74 Å². The lowest BCUT2D eigenvalue weighted by Gasteiger charge is -2.00. The van der Waals surface area contributed by atoms with Gasteiger partial charge in [0.05, 0.1) is 6.10 Å². The fraction of sp³-hybridized carbons (Fsp3) is 0.333. The van der Waals surface area contributed by atoms with Crippen LogP contribution in [0.3, 0.4) is 0 Å². The molecule has 2 atom stereocenters. The number of fused-ring (bicyclic) bond motifs is 3. The van der Waals surface area contributed by atoms with E-state index in [9.17, 15) is 0 Å². The molecule has 56 valence electrons. The quantitative estimate of drug-likeness (QED) is 0.600. The molecule has 2 heteroatoms. The molecule has 2 aliphatic rings. The zero-order chi connectivity index (χ0) is 7.42. The van der Waals surface area contributed by atoms with Crippen molar-refractivity contribution in [2.24, 2.45) is 0 Å². The minimum absolute atomic E-state index is 0.433. The topological polar surface area (TPSA) is 12.5 Å². The summed E-state index contributed by atoms with van der Waals surface area (Å²) in [5.74, 6) is 0. The monoisotopic (exact) mass is 210 g/mol. The minimum atomic E-state index is 0.433.